The molecule has 1 atom stereocenters. The monoisotopic (exact) mass is 352 g/mol. The van der Waals surface area contributed by atoms with Crippen molar-refractivity contribution in [1.29, 1.82) is 0 Å². The zero-order chi connectivity index (χ0) is 16.3. The van der Waals surface area contributed by atoms with Crippen molar-refractivity contribution in [3.63, 3.8) is 0 Å². The van der Waals surface area contributed by atoms with Crippen LogP contribution in [0.25, 0.3) is 0 Å². The standard InChI is InChI=1S/C13H12ClF3N2O2S/c14-9-4-2-1-3-8(9)12(21)19-7-22-5-10(19)11(20)18-6-13(15,16)17/h1-4,10H,5-7H2,(H,18,20)/t10-/m0/s1. The quantitative estimate of drug-likeness (QED) is 0.909. The molecule has 22 heavy (non-hydrogen) atoms. The lowest BCUT2D eigenvalue weighted by Gasteiger charge is -2.23. The number of halogens is 4. The summed E-state index contributed by atoms with van der Waals surface area (Å²) in [6, 6.07) is 5.40. The number of thioether (sulfide) groups is 1. The van der Waals surface area contributed by atoms with E-state index in [0.717, 1.165) is 0 Å². The first-order valence-electron chi connectivity index (χ1n) is 6.27. The van der Waals surface area contributed by atoms with Gasteiger partial charge in [0.05, 0.1) is 16.5 Å². The van der Waals surface area contributed by atoms with Gasteiger partial charge in [-0.15, -0.1) is 11.8 Å². The largest absolute Gasteiger partial charge is 0.405 e. The molecule has 1 heterocycles. The topological polar surface area (TPSA) is 49.4 Å². The Morgan fingerprint density at radius 2 is 2.05 bits per heavy atom. The van der Waals surface area contributed by atoms with Gasteiger partial charge >= 0.3 is 6.18 Å². The molecule has 1 N–H and O–H groups in total. The van der Waals surface area contributed by atoms with Crippen molar-refractivity contribution in [2.45, 2.75) is 12.2 Å². The van der Waals surface area contributed by atoms with Crippen LogP contribution in [0.1, 0.15) is 10.4 Å². The lowest BCUT2D eigenvalue weighted by Crippen LogP contribution is -2.49. The highest BCUT2D eigenvalue weighted by Gasteiger charge is 2.37. The second-order valence-corrected chi connectivity index (χ2v) is 6.01. The molecule has 1 aliphatic heterocycles. The average molecular weight is 353 g/mol. The lowest BCUT2D eigenvalue weighted by molar-refractivity contribution is -0.140. The van der Waals surface area contributed by atoms with E-state index in [9.17, 15) is 22.8 Å². The lowest BCUT2D eigenvalue weighted by atomic mass is 10.1. The van der Waals surface area contributed by atoms with E-state index in [1.54, 1.807) is 12.1 Å². The van der Waals surface area contributed by atoms with Crippen LogP contribution in [0.15, 0.2) is 24.3 Å². The molecule has 1 aliphatic rings. The Labute approximate surface area is 134 Å². The third-order valence-corrected chi connectivity index (χ3v) is 4.35. The molecule has 2 amide bonds. The van der Waals surface area contributed by atoms with Crippen LogP contribution in [-0.4, -0.2) is 47.1 Å². The zero-order valence-electron chi connectivity index (χ0n) is 11.2. The fraction of sp³-hybridized carbons (Fsp3) is 0.385. The molecule has 1 saturated heterocycles. The van der Waals surface area contributed by atoms with Gasteiger partial charge in [0.2, 0.25) is 5.91 Å². The summed E-state index contributed by atoms with van der Waals surface area (Å²) >= 11 is 7.24. The summed E-state index contributed by atoms with van der Waals surface area (Å²) in [5.74, 6) is -0.806. The predicted molar refractivity (Wildman–Crippen MR) is 77.8 cm³/mol. The highest BCUT2D eigenvalue weighted by Crippen LogP contribution is 2.26. The van der Waals surface area contributed by atoms with Crippen molar-refractivity contribution in [1.82, 2.24) is 10.2 Å². The minimum Gasteiger partial charge on any atom is -0.345 e. The van der Waals surface area contributed by atoms with Gasteiger partial charge in [-0.05, 0) is 12.1 Å². The minimum atomic E-state index is -4.49. The molecule has 0 spiro atoms. The first kappa shape index (κ1) is 17.0. The molecule has 0 aliphatic carbocycles. The number of nitrogens with zero attached hydrogens (tertiary/aromatic N) is 1. The van der Waals surface area contributed by atoms with E-state index in [1.165, 1.54) is 28.8 Å². The van der Waals surface area contributed by atoms with Crippen LogP contribution in [0.3, 0.4) is 0 Å². The Kier molecular flexibility index (Phi) is 5.23. The van der Waals surface area contributed by atoms with Crippen molar-refractivity contribution in [3.05, 3.63) is 34.9 Å². The molecule has 0 unspecified atom stereocenters. The fourth-order valence-electron chi connectivity index (χ4n) is 1.95. The average Bonchev–Trinajstić information content (AvgIpc) is 2.93. The van der Waals surface area contributed by atoms with Crippen LogP contribution >= 0.6 is 23.4 Å². The van der Waals surface area contributed by atoms with Gasteiger partial charge in [0, 0.05) is 5.75 Å². The fourth-order valence-corrected chi connectivity index (χ4v) is 3.32. The van der Waals surface area contributed by atoms with E-state index in [4.69, 9.17) is 11.6 Å². The van der Waals surface area contributed by atoms with E-state index >= 15 is 0 Å². The van der Waals surface area contributed by atoms with Crippen LogP contribution in [0.5, 0.6) is 0 Å². The molecule has 1 aromatic carbocycles. The smallest absolute Gasteiger partial charge is 0.345 e. The number of rotatable bonds is 3. The molecule has 1 fully saturated rings. The molecule has 9 heteroatoms. The predicted octanol–water partition coefficient (Wildman–Crippen LogP) is 2.53. The maximum absolute atomic E-state index is 12.4. The van der Waals surface area contributed by atoms with Gasteiger partial charge in [0.25, 0.3) is 5.91 Å². The molecule has 0 radical (unpaired) electrons. The second kappa shape index (κ2) is 6.78. The van der Waals surface area contributed by atoms with E-state index in [2.05, 4.69) is 0 Å². The van der Waals surface area contributed by atoms with E-state index < -0.39 is 30.6 Å². The molecule has 1 aromatic rings. The van der Waals surface area contributed by atoms with Crippen LogP contribution in [0, 0.1) is 0 Å². The van der Waals surface area contributed by atoms with Crippen molar-refractivity contribution < 1.29 is 22.8 Å². The van der Waals surface area contributed by atoms with Crippen molar-refractivity contribution in [2.75, 3.05) is 18.2 Å². The van der Waals surface area contributed by atoms with Gasteiger partial charge in [0.15, 0.2) is 0 Å². The molecular weight excluding hydrogens is 341 g/mol. The van der Waals surface area contributed by atoms with Crippen molar-refractivity contribution >= 4 is 35.2 Å². The van der Waals surface area contributed by atoms with Gasteiger partial charge in [-0.1, -0.05) is 23.7 Å². The van der Waals surface area contributed by atoms with E-state index in [1.807, 2.05) is 5.32 Å². The Morgan fingerprint density at radius 1 is 1.36 bits per heavy atom. The summed E-state index contributed by atoms with van der Waals surface area (Å²) in [6.45, 7) is -1.42. The maximum atomic E-state index is 12.4. The third kappa shape index (κ3) is 4.07. The number of carbonyl (C=O) groups excluding carboxylic acids is 2. The second-order valence-electron chi connectivity index (χ2n) is 4.60. The summed E-state index contributed by atoms with van der Waals surface area (Å²) in [4.78, 5) is 25.5. The third-order valence-electron chi connectivity index (χ3n) is 3.01. The molecule has 0 saturated carbocycles. The van der Waals surface area contributed by atoms with Gasteiger partial charge in [-0.25, -0.2) is 0 Å². The van der Waals surface area contributed by atoms with Crippen LogP contribution < -0.4 is 5.32 Å². The Hall–Kier alpha value is -1.41. The van der Waals surface area contributed by atoms with Crippen LogP contribution in [0.4, 0.5) is 13.2 Å². The minimum absolute atomic E-state index is 0.222. The van der Waals surface area contributed by atoms with Crippen LogP contribution in [0.2, 0.25) is 5.02 Å². The number of carbonyl (C=O) groups is 2. The zero-order valence-corrected chi connectivity index (χ0v) is 12.8. The highest BCUT2D eigenvalue weighted by molar-refractivity contribution is 7.99. The number of hydrogen-bond acceptors (Lipinski definition) is 3. The SMILES string of the molecule is O=C(NCC(F)(F)F)[C@@H]1CSCN1C(=O)c1ccccc1Cl. The van der Waals surface area contributed by atoms with Gasteiger partial charge in [0.1, 0.15) is 12.6 Å². The molecule has 4 nitrogen and oxygen atoms in total. The summed E-state index contributed by atoms with van der Waals surface area (Å²) < 4.78 is 36.5. The first-order valence-corrected chi connectivity index (χ1v) is 7.80. The van der Waals surface area contributed by atoms with Crippen molar-refractivity contribution in [3.8, 4) is 0 Å². The number of benzene rings is 1. The van der Waals surface area contributed by atoms with E-state index in [-0.39, 0.29) is 22.2 Å². The highest BCUT2D eigenvalue weighted by atomic mass is 35.5. The van der Waals surface area contributed by atoms with Gasteiger partial charge < -0.3 is 10.2 Å². The number of hydrogen-bond donors (Lipinski definition) is 1. The molecule has 0 aromatic heterocycles. The van der Waals surface area contributed by atoms with E-state index in [0.29, 0.717) is 0 Å². The molecule has 2 rings (SSSR count). The molecular formula is C13H12ClF3N2O2S. The maximum Gasteiger partial charge on any atom is 0.405 e. The summed E-state index contributed by atoms with van der Waals surface area (Å²) in [7, 11) is 0. The normalized spacial score (nSPS) is 18.4. The summed E-state index contributed by atoms with van der Waals surface area (Å²) in [5.41, 5.74) is 0.222. The summed E-state index contributed by atoms with van der Waals surface area (Å²) in [6.07, 6.45) is -4.49. The molecule has 120 valence electrons. The number of amides is 2. The Balaban J connectivity index is 2.09. The first-order chi connectivity index (χ1) is 10.3. The Bertz CT molecular complexity index is 583. The van der Waals surface area contributed by atoms with Crippen LogP contribution in [-0.2, 0) is 4.79 Å². The van der Waals surface area contributed by atoms with Gasteiger partial charge in [-0.3, -0.25) is 9.59 Å². The van der Waals surface area contributed by atoms with Gasteiger partial charge in [-0.2, -0.15) is 13.2 Å². The number of nitrogens with one attached hydrogen (secondary N) is 1. The summed E-state index contributed by atoms with van der Waals surface area (Å²) in [5, 5.41) is 2.05. The van der Waals surface area contributed by atoms with Crippen molar-refractivity contribution in [2.24, 2.45) is 0 Å². The Morgan fingerprint density at radius 3 is 2.68 bits per heavy atom. The number of alkyl halides is 3. The molecule has 0 bridgehead atoms.